The normalized spacial score (nSPS) is 19.0. The number of nitrogens with one attached hydrogen (secondary N) is 1. The highest BCUT2D eigenvalue weighted by Gasteiger charge is 2.40. The van der Waals surface area contributed by atoms with Gasteiger partial charge in [-0.05, 0) is 57.7 Å². The van der Waals surface area contributed by atoms with Crippen molar-refractivity contribution in [2.75, 3.05) is 32.4 Å². The lowest BCUT2D eigenvalue weighted by molar-refractivity contribution is 0.353. The summed E-state index contributed by atoms with van der Waals surface area (Å²) in [5, 5.41) is 3.40. The summed E-state index contributed by atoms with van der Waals surface area (Å²) in [5.41, 5.74) is 5.30. The summed E-state index contributed by atoms with van der Waals surface area (Å²) in [6.07, 6.45) is 0.923. The van der Waals surface area contributed by atoms with E-state index in [0.717, 1.165) is 18.9 Å². The molecule has 1 fully saturated rings. The third-order valence-corrected chi connectivity index (χ3v) is 7.59. The first kappa shape index (κ1) is 23.2. The third kappa shape index (κ3) is 5.12. The average Bonchev–Trinajstić information content (AvgIpc) is 2.49. The van der Waals surface area contributed by atoms with Crippen LogP contribution in [-0.4, -0.2) is 56.5 Å². The lowest BCUT2D eigenvalue weighted by Gasteiger charge is -2.39. The van der Waals surface area contributed by atoms with Crippen molar-refractivity contribution in [2.45, 2.75) is 45.8 Å². The highest BCUT2D eigenvalue weighted by molar-refractivity contribution is 14.0. The number of guanidine groups is 1. The molecule has 0 spiro atoms. The molecule has 5 nitrogen and oxygen atoms in total. The molecule has 0 aromatic heterocycles. The summed E-state index contributed by atoms with van der Waals surface area (Å²) in [6, 6.07) is 4.43. The van der Waals surface area contributed by atoms with Crippen LogP contribution in [0.3, 0.4) is 0 Å². The van der Waals surface area contributed by atoms with Crippen molar-refractivity contribution in [3.05, 3.63) is 34.4 Å². The smallest absolute Gasteiger partial charge is 0.193 e. The van der Waals surface area contributed by atoms with Gasteiger partial charge < -0.3 is 10.2 Å². The number of benzene rings is 1. The van der Waals surface area contributed by atoms with Crippen LogP contribution in [0.25, 0.3) is 0 Å². The molecule has 0 aliphatic carbocycles. The van der Waals surface area contributed by atoms with Crippen LogP contribution in [0.4, 0.5) is 0 Å². The summed E-state index contributed by atoms with van der Waals surface area (Å²) >= 11 is 0. The van der Waals surface area contributed by atoms with Crippen molar-refractivity contribution in [2.24, 2.45) is 4.99 Å². The largest absolute Gasteiger partial charge is 0.356 e. The van der Waals surface area contributed by atoms with Crippen LogP contribution in [-0.2, 0) is 16.3 Å². The molecular weight excluding hydrogens is 461 g/mol. The molecule has 26 heavy (non-hydrogen) atoms. The number of sulfone groups is 1. The molecule has 148 valence electrons. The Kier molecular flexibility index (Phi) is 7.95. The van der Waals surface area contributed by atoms with E-state index in [9.17, 15) is 8.42 Å². The van der Waals surface area contributed by atoms with Gasteiger partial charge in [0.25, 0.3) is 0 Å². The SMILES string of the molecule is CN=C(NCCc1c(C)cc(C)cc1C)N1CCS(=O)(=O)C(C)(C)C1.I. The minimum atomic E-state index is -3.04. The predicted molar refractivity (Wildman–Crippen MR) is 121 cm³/mol. The molecule has 1 aromatic rings. The summed E-state index contributed by atoms with van der Waals surface area (Å²) in [7, 11) is -1.29. The van der Waals surface area contributed by atoms with Crippen LogP contribution >= 0.6 is 24.0 Å². The van der Waals surface area contributed by atoms with Gasteiger partial charge in [0.05, 0.1) is 10.5 Å². The maximum atomic E-state index is 12.2. The van der Waals surface area contributed by atoms with Gasteiger partial charge in [-0.1, -0.05) is 17.7 Å². The Bertz CT molecular complexity index is 750. The second-order valence-corrected chi connectivity index (χ2v) is 10.3. The van der Waals surface area contributed by atoms with Gasteiger partial charge in [-0.3, -0.25) is 4.99 Å². The van der Waals surface area contributed by atoms with Crippen LogP contribution in [0.1, 0.15) is 36.1 Å². The standard InChI is InChI=1S/C19H31N3O2S.HI/c1-14-11-15(2)17(16(3)12-14)7-8-21-18(20-6)22-9-10-25(23,24)19(4,5)13-22;/h11-12H,7-10,13H2,1-6H3,(H,20,21);1H. The molecule has 0 atom stereocenters. The Balaban J connectivity index is 0.00000338. The maximum Gasteiger partial charge on any atom is 0.193 e. The zero-order valence-corrected chi connectivity index (χ0v) is 19.9. The van der Waals surface area contributed by atoms with Crippen molar-refractivity contribution in [1.29, 1.82) is 0 Å². The van der Waals surface area contributed by atoms with Gasteiger partial charge in [0.15, 0.2) is 15.8 Å². The van der Waals surface area contributed by atoms with Gasteiger partial charge in [-0.25, -0.2) is 8.42 Å². The van der Waals surface area contributed by atoms with Crippen molar-refractivity contribution in [3.8, 4) is 0 Å². The first-order chi connectivity index (χ1) is 11.6. The van der Waals surface area contributed by atoms with Gasteiger partial charge in [0.2, 0.25) is 0 Å². The van der Waals surface area contributed by atoms with E-state index in [0.29, 0.717) is 13.1 Å². The second-order valence-electron chi connectivity index (χ2n) is 7.60. The number of rotatable bonds is 3. The van der Waals surface area contributed by atoms with E-state index in [4.69, 9.17) is 0 Å². The molecule has 2 rings (SSSR count). The van der Waals surface area contributed by atoms with E-state index in [-0.39, 0.29) is 29.7 Å². The fourth-order valence-corrected chi connectivity index (χ4v) is 4.93. The van der Waals surface area contributed by atoms with Crippen molar-refractivity contribution >= 4 is 39.8 Å². The molecular formula is C19H32IN3O2S. The van der Waals surface area contributed by atoms with E-state index >= 15 is 0 Å². The minimum absolute atomic E-state index is 0. The summed E-state index contributed by atoms with van der Waals surface area (Å²) in [6.45, 7) is 11.8. The molecule has 0 bridgehead atoms. The lowest BCUT2D eigenvalue weighted by atomic mass is 9.97. The molecule has 1 aliphatic heterocycles. The van der Waals surface area contributed by atoms with Gasteiger partial charge in [0, 0.05) is 26.7 Å². The fraction of sp³-hybridized carbons (Fsp3) is 0.632. The van der Waals surface area contributed by atoms with Gasteiger partial charge >= 0.3 is 0 Å². The monoisotopic (exact) mass is 493 g/mol. The molecule has 0 saturated carbocycles. The van der Waals surface area contributed by atoms with E-state index in [1.54, 1.807) is 20.9 Å². The average molecular weight is 493 g/mol. The second kappa shape index (κ2) is 8.91. The van der Waals surface area contributed by atoms with Crippen molar-refractivity contribution in [1.82, 2.24) is 10.2 Å². The zero-order valence-electron chi connectivity index (χ0n) is 16.7. The van der Waals surface area contributed by atoms with Crippen LogP contribution < -0.4 is 5.32 Å². The van der Waals surface area contributed by atoms with Crippen LogP contribution in [0.2, 0.25) is 0 Å². The predicted octanol–water partition coefficient (Wildman–Crippen LogP) is 2.86. The number of nitrogens with zero attached hydrogens (tertiary/aromatic N) is 2. The van der Waals surface area contributed by atoms with E-state index in [2.05, 4.69) is 48.1 Å². The third-order valence-electron chi connectivity index (χ3n) is 5.05. The van der Waals surface area contributed by atoms with E-state index in [1.807, 2.05) is 0 Å². The number of hydrogen-bond acceptors (Lipinski definition) is 3. The molecule has 1 aromatic carbocycles. The molecule has 7 heteroatoms. The van der Waals surface area contributed by atoms with E-state index < -0.39 is 14.6 Å². The summed E-state index contributed by atoms with van der Waals surface area (Å²) < 4.78 is 23.6. The summed E-state index contributed by atoms with van der Waals surface area (Å²) in [4.78, 5) is 6.40. The summed E-state index contributed by atoms with van der Waals surface area (Å²) in [5.74, 6) is 0.960. The number of halogens is 1. The van der Waals surface area contributed by atoms with Crippen molar-refractivity contribution < 1.29 is 8.42 Å². The first-order valence-electron chi connectivity index (χ1n) is 8.82. The Morgan fingerprint density at radius 2 is 1.81 bits per heavy atom. The highest BCUT2D eigenvalue weighted by atomic mass is 127. The number of aliphatic imine (C=N–C) groups is 1. The van der Waals surface area contributed by atoms with Crippen LogP contribution in [0, 0.1) is 20.8 Å². The number of aryl methyl sites for hydroxylation is 3. The Morgan fingerprint density at radius 3 is 2.31 bits per heavy atom. The fourth-order valence-electron chi connectivity index (χ4n) is 3.56. The quantitative estimate of drug-likeness (QED) is 0.400. The number of hydrogen-bond donors (Lipinski definition) is 1. The van der Waals surface area contributed by atoms with E-state index in [1.165, 1.54) is 22.3 Å². The van der Waals surface area contributed by atoms with Gasteiger partial charge in [-0.15, -0.1) is 24.0 Å². The molecule has 1 aliphatic rings. The van der Waals surface area contributed by atoms with Gasteiger partial charge in [-0.2, -0.15) is 0 Å². The molecule has 0 unspecified atom stereocenters. The highest BCUT2D eigenvalue weighted by Crippen LogP contribution is 2.23. The molecule has 1 heterocycles. The molecule has 0 radical (unpaired) electrons. The molecule has 0 amide bonds. The zero-order chi connectivity index (χ0) is 18.8. The first-order valence-corrected chi connectivity index (χ1v) is 10.5. The molecule has 1 saturated heterocycles. The topological polar surface area (TPSA) is 61.8 Å². The van der Waals surface area contributed by atoms with Crippen LogP contribution in [0.15, 0.2) is 17.1 Å². The maximum absolute atomic E-state index is 12.2. The van der Waals surface area contributed by atoms with Gasteiger partial charge in [0.1, 0.15) is 0 Å². The minimum Gasteiger partial charge on any atom is -0.356 e. The van der Waals surface area contributed by atoms with Crippen LogP contribution in [0.5, 0.6) is 0 Å². The Labute approximate surface area is 175 Å². The van der Waals surface area contributed by atoms with Crippen molar-refractivity contribution in [3.63, 3.8) is 0 Å². The Hall–Kier alpha value is -0.830. The lowest BCUT2D eigenvalue weighted by Crippen LogP contribution is -2.57. The Morgan fingerprint density at radius 1 is 1.23 bits per heavy atom. The molecule has 1 N–H and O–H groups in total.